The van der Waals surface area contributed by atoms with Crippen LogP contribution in [0.1, 0.15) is 37.6 Å². The van der Waals surface area contributed by atoms with Gasteiger partial charge in [-0.15, -0.1) is 0 Å². The number of benzene rings is 1. The third-order valence-electron chi connectivity index (χ3n) is 3.00. The molecule has 0 amide bonds. The summed E-state index contributed by atoms with van der Waals surface area (Å²) in [6, 6.07) is 6.16. The lowest BCUT2D eigenvalue weighted by molar-refractivity contribution is 0.275. The molecule has 0 aliphatic rings. The summed E-state index contributed by atoms with van der Waals surface area (Å²) in [7, 11) is 0. The zero-order valence-electron chi connectivity index (χ0n) is 12.3. The first kappa shape index (κ1) is 14.5. The van der Waals surface area contributed by atoms with Crippen molar-refractivity contribution in [2.24, 2.45) is 0 Å². The van der Waals surface area contributed by atoms with Crippen molar-refractivity contribution in [1.29, 1.82) is 0 Å². The van der Waals surface area contributed by atoms with Gasteiger partial charge in [0.25, 0.3) is 0 Å². The maximum atomic E-state index is 8.96. The fourth-order valence-corrected chi connectivity index (χ4v) is 1.92. The van der Waals surface area contributed by atoms with Gasteiger partial charge in [0.15, 0.2) is 0 Å². The number of nitrogens with zero attached hydrogens (tertiary/aromatic N) is 2. The molecule has 1 aromatic heterocycles. The van der Waals surface area contributed by atoms with E-state index in [4.69, 9.17) is 9.84 Å². The first-order valence-corrected chi connectivity index (χ1v) is 6.61. The van der Waals surface area contributed by atoms with E-state index in [0.717, 1.165) is 16.9 Å². The molecule has 0 saturated carbocycles. The third-order valence-corrected chi connectivity index (χ3v) is 3.00. The number of aliphatic hydroxyl groups is 1. The Kier molecular flexibility index (Phi) is 4.04. The SMILES string of the molecule is Cc1ccc(C(C)(C)C)c(Oc2cnc(CO)cn2)c1. The lowest BCUT2D eigenvalue weighted by atomic mass is 9.86. The van der Waals surface area contributed by atoms with E-state index in [1.807, 2.05) is 13.0 Å². The van der Waals surface area contributed by atoms with E-state index in [2.05, 4.69) is 42.9 Å². The van der Waals surface area contributed by atoms with Gasteiger partial charge < -0.3 is 9.84 Å². The Morgan fingerprint density at radius 1 is 1.15 bits per heavy atom. The van der Waals surface area contributed by atoms with Gasteiger partial charge in [-0.05, 0) is 24.0 Å². The molecule has 0 unspecified atom stereocenters. The van der Waals surface area contributed by atoms with Gasteiger partial charge in [0.2, 0.25) is 5.88 Å². The molecule has 0 radical (unpaired) electrons. The molecule has 106 valence electrons. The van der Waals surface area contributed by atoms with Crippen molar-refractivity contribution in [3.8, 4) is 11.6 Å². The number of hydrogen-bond donors (Lipinski definition) is 1. The van der Waals surface area contributed by atoms with Crippen LogP contribution in [0, 0.1) is 6.92 Å². The lowest BCUT2D eigenvalue weighted by Gasteiger charge is -2.22. The summed E-state index contributed by atoms with van der Waals surface area (Å²) in [5.41, 5.74) is 2.77. The Morgan fingerprint density at radius 3 is 2.45 bits per heavy atom. The third kappa shape index (κ3) is 3.33. The van der Waals surface area contributed by atoms with Crippen LogP contribution in [-0.2, 0) is 12.0 Å². The van der Waals surface area contributed by atoms with Crippen LogP contribution in [0.3, 0.4) is 0 Å². The Bertz CT molecular complexity index is 586. The van der Waals surface area contributed by atoms with Gasteiger partial charge in [-0.25, -0.2) is 4.98 Å². The van der Waals surface area contributed by atoms with E-state index >= 15 is 0 Å². The average Bonchev–Trinajstić information content (AvgIpc) is 2.38. The van der Waals surface area contributed by atoms with E-state index in [9.17, 15) is 0 Å². The number of aromatic nitrogens is 2. The summed E-state index contributed by atoms with van der Waals surface area (Å²) in [5, 5.41) is 8.96. The van der Waals surface area contributed by atoms with Crippen molar-refractivity contribution in [2.45, 2.75) is 39.7 Å². The zero-order valence-corrected chi connectivity index (χ0v) is 12.3. The molecule has 4 heteroatoms. The van der Waals surface area contributed by atoms with Crippen molar-refractivity contribution >= 4 is 0 Å². The minimum Gasteiger partial charge on any atom is -0.437 e. The topological polar surface area (TPSA) is 55.2 Å². The normalized spacial score (nSPS) is 11.4. The number of hydrogen-bond acceptors (Lipinski definition) is 4. The highest BCUT2D eigenvalue weighted by Gasteiger charge is 2.19. The predicted octanol–water partition coefficient (Wildman–Crippen LogP) is 3.37. The summed E-state index contributed by atoms with van der Waals surface area (Å²) in [5.74, 6) is 1.22. The molecule has 0 aliphatic carbocycles. The van der Waals surface area contributed by atoms with Gasteiger partial charge in [0, 0.05) is 5.56 Å². The molecule has 0 saturated heterocycles. The highest BCUT2D eigenvalue weighted by molar-refractivity contribution is 5.42. The van der Waals surface area contributed by atoms with Crippen molar-refractivity contribution < 1.29 is 9.84 Å². The average molecular weight is 272 g/mol. The Labute approximate surface area is 119 Å². The smallest absolute Gasteiger partial charge is 0.237 e. The van der Waals surface area contributed by atoms with Crippen LogP contribution < -0.4 is 4.74 Å². The van der Waals surface area contributed by atoms with Gasteiger partial charge in [-0.1, -0.05) is 32.9 Å². The molecule has 4 nitrogen and oxygen atoms in total. The Morgan fingerprint density at radius 2 is 1.90 bits per heavy atom. The lowest BCUT2D eigenvalue weighted by Crippen LogP contribution is -2.12. The standard InChI is InChI=1S/C16H20N2O2/c1-11-5-6-13(16(2,3)4)14(7-11)20-15-9-17-12(10-19)8-18-15/h5-9,19H,10H2,1-4H3. The van der Waals surface area contributed by atoms with Crippen molar-refractivity contribution in [2.75, 3.05) is 0 Å². The molecule has 0 spiro atoms. The van der Waals surface area contributed by atoms with E-state index in [1.165, 1.54) is 12.4 Å². The quantitative estimate of drug-likeness (QED) is 0.930. The number of ether oxygens (including phenoxy) is 1. The fourth-order valence-electron chi connectivity index (χ4n) is 1.92. The second-order valence-electron chi connectivity index (χ2n) is 5.86. The molecular weight excluding hydrogens is 252 g/mol. The molecule has 0 fully saturated rings. The summed E-state index contributed by atoms with van der Waals surface area (Å²) in [4.78, 5) is 8.22. The van der Waals surface area contributed by atoms with E-state index in [1.54, 1.807) is 0 Å². The molecular formula is C16H20N2O2. The van der Waals surface area contributed by atoms with Crippen LogP contribution in [0.15, 0.2) is 30.6 Å². The Hall–Kier alpha value is -1.94. The second kappa shape index (κ2) is 5.59. The monoisotopic (exact) mass is 272 g/mol. The van der Waals surface area contributed by atoms with Gasteiger partial charge in [0.05, 0.1) is 24.7 Å². The van der Waals surface area contributed by atoms with Crippen molar-refractivity contribution in [1.82, 2.24) is 9.97 Å². The highest BCUT2D eigenvalue weighted by atomic mass is 16.5. The van der Waals surface area contributed by atoms with E-state index in [-0.39, 0.29) is 12.0 Å². The van der Waals surface area contributed by atoms with Gasteiger partial charge in [-0.2, -0.15) is 0 Å². The van der Waals surface area contributed by atoms with Crippen molar-refractivity contribution in [3.05, 3.63) is 47.4 Å². The highest BCUT2D eigenvalue weighted by Crippen LogP contribution is 2.34. The van der Waals surface area contributed by atoms with Crippen LogP contribution in [0.25, 0.3) is 0 Å². The molecule has 1 aromatic carbocycles. The van der Waals surface area contributed by atoms with Gasteiger partial charge >= 0.3 is 0 Å². The van der Waals surface area contributed by atoms with Crippen LogP contribution in [-0.4, -0.2) is 15.1 Å². The molecule has 2 aromatic rings. The molecule has 1 N–H and O–H groups in total. The minimum atomic E-state index is -0.120. The first-order valence-electron chi connectivity index (χ1n) is 6.61. The molecule has 1 heterocycles. The predicted molar refractivity (Wildman–Crippen MR) is 77.9 cm³/mol. The first-order chi connectivity index (χ1) is 9.40. The molecule has 0 atom stereocenters. The maximum absolute atomic E-state index is 8.96. The molecule has 2 rings (SSSR count). The number of aliphatic hydroxyl groups excluding tert-OH is 1. The largest absolute Gasteiger partial charge is 0.437 e. The Balaban J connectivity index is 2.34. The van der Waals surface area contributed by atoms with Gasteiger partial charge in [0.1, 0.15) is 5.75 Å². The number of aryl methyl sites for hydroxylation is 1. The molecule has 20 heavy (non-hydrogen) atoms. The van der Waals surface area contributed by atoms with E-state index < -0.39 is 0 Å². The molecule has 0 bridgehead atoms. The summed E-state index contributed by atoms with van der Waals surface area (Å²) >= 11 is 0. The van der Waals surface area contributed by atoms with Crippen LogP contribution in [0.4, 0.5) is 0 Å². The summed E-state index contributed by atoms with van der Waals surface area (Å²) < 4.78 is 5.86. The second-order valence-corrected chi connectivity index (χ2v) is 5.86. The van der Waals surface area contributed by atoms with Crippen molar-refractivity contribution in [3.63, 3.8) is 0 Å². The van der Waals surface area contributed by atoms with Gasteiger partial charge in [-0.3, -0.25) is 4.98 Å². The van der Waals surface area contributed by atoms with Crippen LogP contribution in [0.2, 0.25) is 0 Å². The summed E-state index contributed by atoms with van der Waals surface area (Å²) in [6.07, 6.45) is 3.04. The maximum Gasteiger partial charge on any atom is 0.237 e. The molecule has 0 aliphatic heterocycles. The zero-order chi connectivity index (χ0) is 14.8. The fraction of sp³-hybridized carbons (Fsp3) is 0.375. The number of rotatable bonds is 3. The summed E-state index contributed by atoms with van der Waals surface area (Å²) in [6.45, 7) is 8.34. The van der Waals surface area contributed by atoms with Crippen LogP contribution in [0.5, 0.6) is 11.6 Å². The van der Waals surface area contributed by atoms with E-state index in [0.29, 0.717) is 11.6 Å². The van der Waals surface area contributed by atoms with Crippen LogP contribution >= 0.6 is 0 Å². The minimum absolute atomic E-state index is 0.0124.